The maximum Gasteiger partial charge on any atom is 0.254 e. The van der Waals surface area contributed by atoms with Crippen LogP contribution in [0.15, 0.2) is 42.5 Å². The predicted molar refractivity (Wildman–Crippen MR) is 159 cm³/mol. The van der Waals surface area contributed by atoms with Crippen molar-refractivity contribution in [1.29, 1.82) is 0 Å². The van der Waals surface area contributed by atoms with Crippen molar-refractivity contribution in [2.45, 2.75) is 70.2 Å². The molecule has 9 nitrogen and oxygen atoms in total. The highest BCUT2D eigenvalue weighted by atomic mass is 32.3. The zero-order chi connectivity index (χ0) is 28.7. The number of hydrogen-bond donors (Lipinski definition) is 6. The summed E-state index contributed by atoms with van der Waals surface area (Å²) >= 11 is 0. The molecule has 2 aliphatic heterocycles. The second-order valence-corrected chi connectivity index (χ2v) is 13.0. The molecule has 1 amide bonds. The number of aliphatic hydroxyl groups is 1. The van der Waals surface area contributed by atoms with Crippen LogP contribution in [0.2, 0.25) is 0 Å². The summed E-state index contributed by atoms with van der Waals surface area (Å²) in [5.74, 6) is -1.34. The monoisotopic (exact) mass is 578 g/mol. The number of hydrogen-bond acceptors (Lipinski definition) is 8. The number of nitrogens with one attached hydrogen (secondary N) is 3. The van der Waals surface area contributed by atoms with Gasteiger partial charge in [0.2, 0.25) is 0 Å². The number of benzene rings is 2. The van der Waals surface area contributed by atoms with Crippen LogP contribution in [0.5, 0.6) is 0 Å². The molecule has 2 atom stereocenters. The topological polar surface area (TPSA) is 126 Å². The molecule has 6 N–H and O–H groups in total. The van der Waals surface area contributed by atoms with E-state index in [2.05, 4.69) is 16.0 Å². The van der Waals surface area contributed by atoms with E-state index in [1.54, 1.807) is 0 Å². The summed E-state index contributed by atoms with van der Waals surface area (Å²) in [5, 5.41) is 20.7. The summed E-state index contributed by atoms with van der Waals surface area (Å²) in [6.07, 6.45) is 2.45. The number of anilines is 2. The summed E-state index contributed by atoms with van der Waals surface area (Å²) < 4.78 is 44.1. The van der Waals surface area contributed by atoms with Crippen molar-refractivity contribution in [2.75, 3.05) is 41.7 Å². The molecule has 2 heterocycles. The molecule has 40 heavy (non-hydrogen) atoms. The minimum absolute atomic E-state index is 0.000140. The van der Waals surface area contributed by atoms with Gasteiger partial charge in [0.25, 0.3) is 5.91 Å². The van der Waals surface area contributed by atoms with Gasteiger partial charge in [-0.2, -0.15) is 0 Å². The van der Waals surface area contributed by atoms with Crippen LogP contribution in [-0.4, -0.2) is 76.4 Å². The molecule has 0 bridgehead atoms. The maximum atomic E-state index is 16.0. The van der Waals surface area contributed by atoms with Crippen molar-refractivity contribution < 1.29 is 28.1 Å². The van der Waals surface area contributed by atoms with Gasteiger partial charge < -0.3 is 25.8 Å². The van der Waals surface area contributed by atoms with E-state index in [9.17, 15) is 19.0 Å². The largest absolute Gasteiger partial charge is 0.390 e. The Balaban J connectivity index is 1.60. The van der Waals surface area contributed by atoms with E-state index < -0.39 is 34.6 Å². The van der Waals surface area contributed by atoms with Crippen LogP contribution >= 0.6 is 10.8 Å². The Morgan fingerprint density at radius 1 is 1.15 bits per heavy atom. The molecular weight excluding hydrogens is 535 g/mol. The molecule has 2 fully saturated rings. The Bertz CT molecular complexity index is 1120. The molecule has 0 aliphatic carbocycles. The van der Waals surface area contributed by atoms with Crippen LogP contribution in [0, 0.1) is 5.82 Å². The quantitative estimate of drug-likeness (QED) is 0.232. The first-order valence-corrected chi connectivity index (χ1v) is 15.8. The number of halogens is 1. The molecule has 2 aromatic rings. The third kappa shape index (κ3) is 8.08. The standard InChI is InChI=1S/C29H43FN4O5S/c1-20(2)32-23-17-24(28(30)26(18-23)34-12-6-7-15-40(34,37)38)29(36)33-25(16-21-8-4-3-5-9-21)27(35)19-31-22-10-13-39-14-11-22/h3-5,8-9,17-18,20,22,25,27,31-32,35,37-38H,6-7,10-16,19H2,1-2H3,(H,33,36)/t25-,27+/m0/s1. The van der Waals surface area contributed by atoms with Crippen LogP contribution in [0.3, 0.4) is 0 Å². The van der Waals surface area contributed by atoms with E-state index in [0.717, 1.165) is 18.4 Å². The lowest BCUT2D eigenvalue weighted by atomic mass is 9.99. The minimum Gasteiger partial charge on any atom is -0.390 e. The first-order chi connectivity index (χ1) is 19.1. The maximum absolute atomic E-state index is 16.0. The van der Waals surface area contributed by atoms with Crippen molar-refractivity contribution in [3.63, 3.8) is 0 Å². The zero-order valence-electron chi connectivity index (χ0n) is 23.3. The summed E-state index contributed by atoms with van der Waals surface area (Å²) in [6.45, 7) is 5.73. The third-order valence-corrected chi connectivity index (χ3v) is 9.24. The molecule has 0 aromatic heterocycles. The first kappa shape index (κ1) is 30.5. The molecule has 2 aliphatic rings. The van der Waals surface area contributed by atoms with Gasteiger partial charge >= 0.3 is 0 Å². The number of carbonyl (C=O) groups is 1. The van der Waals surface area contributed by atoms with E-state index in [-0.39, 0.29) is 42.2 Å². The molecule has 0 radical (unpaired) electrons. The smallest absolute Gasteiger partial charge is 0.254 e. The van der Waals surface area contributed by atoms with Crippen LogP contribution in [0.25, 0.3) is 0 Å². The van der Waals surface area contributed by atoms with Crippen LogP contribution < -0.4 is 20.3 Å². The fourth-order valence-corrected chi connectivity index (χ4v) is 6.87. The lowest BCUT2D eigenvalue weighted by Crippen LogP contribution is -2.50. The summed E-state index contributed by atoms with van der Waals surface area (Å²) in [4.78, 5) is 13.6. The van der Waals surface area contributed by atoms with E-state index in [4.69, 9.17) is 4.74 Å². The summed E-state index contributed by atoms with van der Waals surface area (Å²) in [5.41, 5.74) is 1.19. The molecule has 11 heteroatoms. The number of carbonyl (C=O) groups excluding carboxylic acids is 1. The van der Waals surface area contributed by atoms with Gasteiger partial charge in [0, 0.05) is 44.1 Å². The molecular formula is C29H43FN4O5S. The fourth-order valence-electron chi connectivity index (χ4n) is 5.19. The van der Waals surface area contributed by atoms with Gasteiger partial charge in [-0.05, 0) is 63.6 Å². The SMILES string of the molecule is CC(C)Nc1cc(C(=O)N[C@@H](Cc2ccccc2)[C@H](O)CNC2CCOCC2)c(F)c(N2CCCCS2(O)O)c1. The number of rotatable bonds is 11. The third-order valence-electron chi connectivity index (χ3n) is 7.32. The second-order valence-electron chi connectivity index (χ2n) is 10.9. The molecule has 0 spiro atoms. The second kappa shape index (κ2) is 14.0. The molecule has 0 saturated carbocycles. The highest BCUT2D eigenvalue weighted by Crippen LogP contribution is 2.51. The van der Waals surface area contributed by atoms with Gasteiger partial charge in [-0.3, -0.25) is 18.2 Å². The highest BCUT2D eigenvalue weighted by Gasteiger charge is 2.32. The Hall–Kier alpha value is -2.41. The van der Waals surface area contributed by atoms with Gasteiger partial charge in [-0.15, -0.1) is 10.8 Å². The van der Waals surface area contributed by atoms with E-state index in [1.165, 1.54) is 16.4 Å². The summed E-state index contributed by atoms with van der Waals surface area (Å²) in [6, 6.07) is 12.0. The van der Waals surface area contributed by atoms with E-state index in [0.29, 0.717) is 38.2 Å². The number of aliphatic hydroxyl groups excluding tert-OH is 1. The van der Waals surface area contributed by atoms with E-state index in [1.807, 2.05) is 44.2 Å². The van der Waals surface area contributed by atoms with E-state index >= 15 is 4.39 Å². The Labute approximate surface area is 238 Å². The zero-order valence-corrected chi connectivity index (χ0v) is 24.1. The Kier molecular flexibility index (Phi) is 10.7. The minimum atomic E-state index is -3.21. The predicted octanol–water partition coefficient (Wildman–Crippen LogP) is 4.38. The van der Waals surface area contributed by atoms with Crippen LogP contribution in [0.4, 0.5) is 15.8 Å². The Morgan fingerprint density at radius 2 is 1.88 bits per heavy atom. The first-order valence-electron chi connectivity index (χ1n) is 14.1. The number of nitrogens with zero attached hydrogens (tertiary/aromatic N) is 1. The Morgan fingerprint density at radius 3 is 2.55 bits per heavy atom. The van der Waals surface area contributed by atoms with Gasteiger partial charge in [0.15, 0.2) is 5.82 Å². The van der Waals surface area contributed by atoms with Crippen molar-refractivity contribution in [3.8, 4) is 0 Å². The molecule has 2 saturated heterocycles. The number of ether oxygens (including phenoxy) is 1. The molecule has 222 valence electrons. The van der Waals surface area contributed by atoms with Crippen molar-refractivity contribution in [3.05, 3.63) is 59.4 Å². The highest BCUT2D eigenvalue weighted by molar-refractivity contribution is 8.25. The van der Waals surface area contributed by atoms with Crippen molar-refractivity contribution >= 4 is 28.1 Å². The fraction of sp³-hybridized carbons (Fsp3) is 0.552. The average Bonchev–Trinajstić information content (AvgIpc) is 2.93. The van der Waals surface area contributed by atoms with Gasteiger partial charge in [-0.25, -0.2) is 4.39 Å². The van der Waals surface area contributed by atoms with Gasteiger partial charge in [0.1, 0.15) is 0 Å². The molecule has 4 rings (SSSR count). The lowest BCUT2D eigenvalue weighted by Gasteiger charge is -2.47. The lowest BCUT2D eigenvalue weighted by molar-refractivity contribution is 0.0656. The number of amides is 1. The van der Waals surface area contributed by atoms with Gasteiger partial charge in [0.05, 0.1) is 29.1 Å². The normalized spacial score (nSPS) is 20.1. The summed E-state index contributed by atoms with van der Waals surface area (Å²) in [7, 11) is -3.21. The van der Waals surface area contributed by atoms with Crippen molar-refractivity contribution in [1.82, 2.24) is 10.6 Å². The van der Waals surface area contributed by atoms with Crippen LogP contribution in [-0.2, 0) is 11.2 Å². The molecule has 0 unspecified atom stereocenters. The van der Waals surface area contributed by atoms with Crippen LogP contribution in [0.1, 0.15) is 55.5 Å². The van der Waals surface area contributed by atoms with Crippen molar-refractivity contribution in [2.24, 2.45) is 0 Å². The van der Waals surface area contributed by atoms with Gasteiger partial charge in [-0.1, -0.05) is 30.3 Å². The average molecular weight is 579 g/mol. The molecule has 2 aromatic carbocycles.